The van der Waals surface area contributed by atoms with Gasteiger partial charge in [-0.3, -0.25) is 4.90 Å². The molecule has 1 saturated heterocycles. The van der Waals surface area contributed by atoms with E-state index >= 15 is 0 Å². The van der Waals surface area contributed by atoms with Gasteiger partial charge < -0.3 is 15.2 Å². The number of nitrogens with two attached hydrogens (primary N) is 1. The Morgan fingerprint density at radius 2 is 2.10 bits per heavy atom. The van der Waals surface area contributed by atoms with Crippen molar-refractivity contribution in [1.82, 2.24) is 4.90 Å². The van der Waals surface area contributed by atoms with Crippen molar-refractivity contribution in [2.45, 2.75) is 44.9 Å². The van der Waals surface area contributed by atoms with Crippen LogP contribution < -0.4 is 10.5 Å². The molecule has 0 aliphatic carbocycles. The lowest BCUT2D eigenvalue weighted by atomic mass is 9.95. The summed E-state index contributed by atoms with van der Waals surface area (Å²) in [5, 5.41) is 0. The molecule has 0 amide bonds. The quantitative estimate of drug-likeness (QED) is 0.906. The summed E-state index contributed by atoms with van der Waals surface area (Å²) < 4.78 is 11.0. The molecule has 0 radical (unpaired) electrons. The van der Waals surface area contributed by atoms with Crippen LogP contribution in [0.5, 0.6) is 5.75 Å². The molecule has 0 saturated carbocycles. The van der Waals surface area contributed by atoms with Gasteiger partial charge in [-0.15, -0.1) is 0 Å². The van der Waals surface area contributed by atoms with E-state index in [1.54, 1.807) is 7.11 Å². The number of methoxy groups -OCH3 is 1. The van der Waals surface area contributed by atoms with Crippen LogP contribution in [0.3, 0.4) is 0 Å². The minimum absolute atomic E-state index is 0.128. The molecule has 1 heterocycles. The van der Waals surface area contributed by atoms with Crippen LogP contribution in [-0.2, 0) is 4.74 Å². The van der Waals surface area contributed by atoms with E-state index in [4.69, 9.17) is 15.2 Å². The van der Waals surface area contributed by atoms with Crippen molar-refractivity contribution in [1.29, 1.82) is 0 Å². The number of benzene rings is 1. The second-order valence-electron chi connectivity index (χ2n) is 5.82. The first-order chi connectivity index (χ1) is 10.2. The first-order valence-electron chi connectivity index (χ1n) is 7.91. The molecule has 21 heavy (non-hydrogen) atoms. The molecule has 1 aromatic carbocycles. The van der Waals surface area contributed by atoms with Crippen LogP contribution in [0.4, 0.5) is 0 Å². The maximum absolute atomic E-state index is 6.43. The smallest absolute Gasteiger partial charge is 0.118 e. The van der Waals surface area contributed by atoms with Crippen molar-refractivity contribution in [3.05, 3.63) is 29.8 Å². The maximum Gasteiger partial charge on any atom is 0.118 e. The molecule has 4 heteroatoms. The van der Waals surface area contributed by atoms with Crippen molar-refractivity contribution in [2.24, 2.45) is 5.73 Å². The standard InChI is InChI=1S/C17H28N2O2/c1-4-16(18)17(14-6-8-15(20-3)9-7-14)19-10-5-11-21-13(2)12-19/h6-9,13,16-17H,4-5,10-12,18H2,1-3H3. The largest absolute Gasteiger partial charge is 0.497 e. The Balaban J connectivity index is 2.23. The zero-order valence-electron chi connectivity index (χ0n) is 13.4. The zero-order chi connectivity index (χ0) is 15.2. The SMILES string of the molecule is CCC(N)C(c1ccc(OC)cc1)N1CCCOC(C)C1. The van der Waals surface area contributed by atoms with Crippen molar-refractivity contribution >= 4 is 0 Å². The molecular weight excluding hydrogens is 264 g/mol. The van der Waals surface area contributed by atoms with Crippen LogP contribution in [0.1, 0.15) is 38.3 Å². The summed E-state index contributed by atoms with van der Waals surface area (Å²) in [6.07, 6.45) is 2.29. The van der Waals surface area contributed by atoms with Crippen LogP contribution in [-0.4, -0.2) is 43.9 Å². The Labute approximate surface area is 128 Å². The Morgan fingerprint density at radius 3 is 2.71 bits per heavy atom. The van der Waals surface area contributed by atoms with E-state index in [1.165, 1.54) is 5.56 Å². The fraction of sp³-hybridized carbons (Fsp3) is 0.647. The van der Waals surface area contributed by atoms with E-state index in [0.29, 0.717) is 0 Å². The highest BCUT2D eigenvalue weighted by Crippen LogP contribution is 2.28. The average Bonchev–Trinajstić information content (AvgIpc) is 2.72. The maximum atomic E-state index is 6.43. The molecular formula is C17H28N2O2. The molecule has 4 nitrogen and oxygen atoms in total. The van der Waals surface area contributed by atoms with Gasteiger partial charge in [0, 0.05) is 31.8 Å². The highest BCUT2D eigenvalue weighted by atomic mass is 16.5. The Hall–Kier alpha value is -1.10. The molecule has 1 aliphatic rings. The number of hydrogen-bond donors (Lipinski definition) is 1. The monoisotopic (exact) mass is 292 g/mol. The van der Waals surface area contributed by atoms with Crippen molar-refractivity contribution in [3.63, 3.8) is 0 Å². The second kappa shape index (κ2) is 7.78. The summed E-state index contributed by atoms with van der Waals surface area (Å²) in [6.45, 7) is 7.10. The van der Waals surface area contributed by atoms with Gasteiger partial charge in [0.1, 0.15) is 5.75 Å². The minimum atomic E-state index is 0.128. The number of ether oxygens (including phenoxy) is 2. The van der Waals surface area contributed by atoms with E-state index < -0.39 is 0 Å². The van der Waals surface area contributed by atoms with Gasteiger partial charge in [-0.25, -0.2) is 0 Å². The number of nitrogens with zero attached hydrogens (tertiary/aromatic N) is 1. The minimum Gasteiger partial charge on any atom is -0.497 e. The predicted octanol–water partition coefficient (Wildman–Crippen LogP) is 2.58. The Bertz CT molecular complexity index is 421. The van der Waals surface area contributed by atoms with Crippen LogP contribution in [0.2, 0.25) is 0 Å². The number of rotatable bonds is 5. The first-order valence-corrected chi connectivity index (χ1v) is 7.91. The van der Waals surface area contributed by atoms with Crippen LogP contribution in [0.25, 0.3) is 0 Å². The summed E-state index contributed by atoms with van der Waals surface area (Å²) in [4.78, 5) is 2.48. The number of hydrogen-bond acceptors (Lipinski definition) is 4. The summed E-state index contributed by atoms with van der Waals surface area (Å²) in [7, 11) is 1.69. The van der Waals surface area contributed by atoms with Crippen LogP contribution in [0, 0.1) is 0 Å². The van der Waals surface area contributed by atoms with Crippen molar-refractivity contribution < 1.29 is 9.47 Å². The molecule has 1 aromatic rings. The Morgan fingerprint density at radius 1 is 1.38 bits per heavy atom. The van der Waals surface area contributed by atoms with Gasteiger partial charge in [-0.1, -0.05) is 19.1 Å². The molecule has 0 spiro atoms. The van der Waals surface area contributed by atoms with Crippen LogP contribution in [0.15, 0.2) is 24.3 Å². The zero-order valence-corrected chi connectivity index (χ0v) is 13.4. The molecule has 2 N–H and O–H groups in total. The lowest BCUT2D eigenvalue weighted by Crippen LogP contribution is -2.43. The molecule has 1 fully saturated rings. The fourth-order valence-electron chi connectivity index (χ4n) is 3.03. The fourth-order valence-corrected chi connectivity index (χ4v) is 3.03. The van der Waals surface area contributed by atoms with Gasteiger partial charge in [0.15, 0.2) is 0 Å². The topological polar surface area (TPSA) is 47.7 Å². The summed E-state index contributed by atoms with van der Waals surface area (Å²) in [5.74, 6) is 0.884. The lowest BCUT2D eigenvalue weighted by Gasteiger charge is -2.35. The van der Waals surface area contributed by atoms with Crippen molar-refractivity contribution in [3.8, 4) is 5.75 Å². The second-order valence-corrected chi connectivity index (χ2v) is 5.82. The molecule has 2 rings (SSSR count). The third-order valence-corrected chi connectivity index (χ3v) is 4.21. The van der Waals surface area contributed by atoms with E-state index in [-0.39, 0.29) is 18.2 Å². The summed E-state index contributed by atoms with van der Waals surface area (Å²) in [5.41, 5.74) is 7.70. The highest BCUT2D eigenvalue weighted by molar-refractivity contribution is 5.30. The van der Waals surface area contributed by atoms with E-state index in [0.717, 1.165) is 38.3 Å². The normalized spacial score (nSPS) is 23.3. The predicted molar refractivity (Wildman–Crippen MR) is 85.6 cm³/mol. The lowest BCUT2D eigenvalue weighted by molar-refractivity contribution is 0.0575. The third kappa shape index (κ3) is 4.19. The molecule has 3 atom stereocenters. The van der Waals surface area contributed by atoms with E-state index in [9.17, 15) is 0 Å². The van der Waals surface area contributed by atoms with Gasteiger partial charge in [0.05, 0.1) is 13.2 Å². The van der Waals surface area contributed by atoms with Gasteiger partial charge >= 0.3 is 0 Å². The van der Waals surface area contributed by atoms with Gasteiger partial charge in [0.2, 0.25) is 0 Å². The highest BCUT2D eigenvalue weighted by Gasteiger charge is 2.28. The molecule has 0 aromatic heterocycles. The van der Waals surface area contributed by atoms with Crippen molar-refractivity contribution in [2.75, 3.05) is 26.8 Å². The molecule has 1 aliphatic heterocycles. The van der Waals surface area contributed by atoms with Crippen LogP contribution >= 0.6 is 0 Å². The average molecular weight is 292 g/mol. The summed E-state index contributed by atoms with van der Waals surface area (Å²) in [6, 6.07) is 8.67. The Kier molecular flexibility index (Phi) is 6.03. The molecule has 118 valence electrons. The molecule has 3 unspecified atom stereocenters. The summed E-state index contributed by atoms with van der Waals surface area (Å²) >= 11 is 0. The van der Waals surface area contributed by atoms with Gasteiger partial charge in [-0.05, 0) is 37.5 Å². The van der Waals surface area contributed by atoms with E-state index in [2.05, 4.69) is 30.9 Å². The first kappa shape index (κ1) is 16.3. The van der Waals surface area contributed by atoms with E-state index in [1.807, 2.05) is 12.1 Å². The molecule has 0 bridgehead atoms. The third-order valence-electron chi connectivity index (χ3n) is 4.21. The van der Waals surface area contributed by atoms with Gasteiger partial charge in [-0.2, -0.15) is 0 Å². The van der Waals surface area contributed by atoms with Gasteiger partial charge in [0.25, 0.3) is 0 Å².